The maximum absolute atomic E-state index is 13.9. The van der Waals surface area contributed by atoms with Gasteiger partial charge in [0.25, 0.3) is 5.91 Å². The predicted octanol–water partition coefficient (Wildman–Crippen LogP) is 4.87. The summed E-state index contributed by atoms with van der Waals surface area (Å²) >= 11 is 0. The number of esters is 1. The molecule has 1 aromatic heterocycles. The van der Waals surface area contributed by atoms with Crippen LogP contribution in [0.1, 0.15) is 62.7 Å². The lowest BCUT2D eigenvalue weighted by atomic mass is 9.91. The number of aryl methyl sites for hydroxylation is 3. The van der Waals surface area contributed by atoms with Crippen molar-refractivity contribution >= 4 is 11.9 Å². The van der Waals surface area contributed by atoms with Crippen molar-refractivity contribution in [1.29, 1.82) is 0 Å². The fourth-order valence-electron chi connectivity index (χ4n) is 5.61. The van der Waals surface area contributed by atoms with Crippen molar-refractivity contribution in [3.63, 3.8) is 0 Å². The molecular weight excluding hydrogens is 444 g/mol. The molecule has 1 fully saturated rings. The highest BCUT2D eigenvalue weighted by molar-refractivity contribution is 6.06. The first-order chi connectivity index (χ1) is 16.7. The smallest absolute Gasteiger partial charge is 0.338 e. The minimum atomic E-state index is -0.400. The van der Waals surface area contributed by atoms with Crippen LogP contribution in [-0.4, -0.2) is 54.3 Å². The van der Waals surface area contributed by atoms with E-state index < -0.39 is 5.97 Å². The van der Waals surface area contributed by atoms with Gasteiger partial charge in [0, 0.05) is 24.2 Å². The Bertz CT molecular complexity index is 1330. The fraction of sp³-hybridized carbons (Fsp3) is 0.393. The van der Waals surface area contributed by atoms with Crippen LogP contribution in [0.5, 0.6) is 0 Å². The van der Waals surface area contributed by atoms with Crippen LogP contribution < -0.4 is 0 Å². The van der Waals surface area contributed by atoms with Crippen LogP contribution >= 0.6 is 0 Å². The van der Waals surface area contributed by atoms with E-state index in [1.807, 2.05) is 51.7 Å². The van der Waals surface area contributed by atoms with E-state index in [0.717, 1.165) is 44.6 Å². The average Bonchev–Trinajstić information content (AvgIpc) is 3.34. The third-order valence-electron chi connectivity index (χ3n) is 6.92. The number of methoxy groups -OCH3 is 1. The highest BCUT2D eigenvalue weighted by Crippen LogP contribution is 2.45. The molecule has 2 aliphatic rings. The number of carbonyl (C=O) groups excluding carboxylic acids is 2. The number of morpholine rings is 1. The van der Waals surface area contributed by atoms with Crippen LogP contribution in [0.2, 0.25) is 0 Å². The van der Waals surface area contributed by atoms with E-state index in [0.29, 0.717) is 36.4 Å². The summed E-state index contributed by atoms with van der Waals surface area (Å²) in [4.78, 5) is 28.6. The Morgan fingerprint density at radius 2 is 1.71 bits per heavy atom. The second-order valence-electron chi connectivity index (χ2n) is 9.73. The molecule has 0 N–H and O–H groups in total. The predicted molar refractivity (Wildman–Crippen MR) is 132 cm³/mol. The van der Waals surface area contributed by atoms with E-state index in [4.69, 9.17) is 14.0 Å². The van der Waals surface area contributed by atoms with Crippen molar-refractivity contribution in [2.24, 2.45) is 0 Å². The van der Waals surface area contributed by atoms with Gasteiger partial charge in [0.1, 0.15) is 5.76 Å². The highest BCUT2D eigenvalue weighted by atomic mass is 16.5. The molecule has 7 nitrogen and oxygen atoms in total. The lowest BCUT2D eigenvalue weighted by molar-refractivity contribution is -0.0586. The van der Waals surface area contributed by atoms with E-state index in [9.17, 15) is 9.59 Å². The topological polar surface area (TPSA) is 81.9 Å². The normalized spacial score (nSPS) is 18.9. The monoisotopic (exact) mass is 474 g/mol. The van der Waals surface area contributed by atoms with Crippen LogP contribution in [0.15, 0.2) is 28.8 Å². The van der Waals surface area contributed by atoms with Crippen LogP contribution in [-0.2, 0) is 15.9 Å². The number of carbonyl (C=O) groups is 2. The SMILES string of the molecule is COC(=O)c1cc(-c2c(C)noc2C)cc2c1Cc1cc(C)cc(C(=O)N3C[C@@H](C)O[C@@H](C)C3)c1-2. The molecule has 2 heterocycles. The molecule has 0 radical (unpaired) electrons. The van der Waals surface area contributed by atoms with Crippen LogP contribution in [0.4, 0.5) is 0 Å². The Kier molecular flexibility index (Phi) is 5.75. The molecule has 0 spiro atoms. The third kappa shape index (κ3) is 3.93. The van der Waals surface area contributed by atoms with Crippen molar-refractivity contribution in [3.05, 3.63) is 63.5 Å². The van der Waals surface area contributed by atoms with E-state index in [-0.39, 0.29) is 18.1 Å². The Balaban J connectivity index is 1.71. The minimum absolute atomic E-state index is 0.0119. The zero-order chi connectivity index (χ0) is 25.0. The van der Waals surface area contributed by atoms with E-state index >= 15 is 0 Å². The summed E-state index contributed by atoms with van der Waals surface area (Å²) in [5.41, 5.74) is 8.28. The van der Waals surface area contributed by atoms with Crippen molar-refractivity contribution in [2.75, 3.05) is 20.2 Å². The number of hydrogen-bond acceptors (Lipinski definition) is 6. The average molecular weight is 475 g/mol. The van der Waals surface area contributed by atoms with Gasteiger partial charge in [0.15, 0.2) is 0 Å². The van der Waals surface area contributed by atoms with Gasteiger partial charge in [-0.25, -0.2) is 4.79 Å². The number of amides is 1. The zero-order valence-electron chi connectivity index (χ0n) is 21.0. The summed E-state index contributed by atoms with van der Waals surface area (Å²) < 4.78 is 16.4. The van der Waals surface area contributed by atoms with Crippen molar-refractivity contribution in [1.82, 2.24) is 10.1 Å². The first-order valence-electron chi connectivity index (χ1n) is 11.9. The number of hydrogen-bond donors (Lipinski definition) is 0. The van der Waals surface area contributed by atoms with Gasteiger partial charge < -0.3 is 18.9 Å². The number of nitrogens with zero attached hydrogens (tertiary/aromatic N) is 2. The molecular formula is C28H30N2O5. The van der Waals surface area contributed by atoms with Crippen molar-refractivity contribution in [2.45, 2.75) is 53.2 Å². The lowest BCUT2D eigenvalue weighted by Gasteiger charge is -2.35. The second kappa shape index (κ2) is 8.64. The molecule has 0 unspecified atom stereocenters. The van der Waals surface area contributed by atoms with Gasteiger partial charge in [-0.15, -0.1) is 0 Å². The third-order valence-corrected chi connectivity index (χ3v) is 6.92. The molecule has 1 saturated heterocycles. The molecule has 182 valence electrons. The molecule has 0 bridgehead atoms. The first-order valence-corrected chi connectivity index (χ1v) is 11.9. The number of aromatic nitrogens is 1. The minimum Gasteiger partial charge on any atom is -0.465 e. The Morgan fingerprint density at radius 1 is 1.00 bits per heavy atom. The summed E-state index contributed by atoms with van der Waals surface area (Å²) in [5, 5.41) is 4.09. The van der Waals surface area contributed by atoms with Gasteiger partial charge in [0.05, 0.1) is 30.6 Å². The molecule has 0 saturated carbocycles. The highest BCUT2D eigenvalue weighted by Gasteiger charge is 2.33. The van der Waals surface area contributed by atoms with E-state index in [2.05, 4.69) is 17.3 Å². The second-order valence-corrected chi connectivity index (χ2v) is 9.73. The Hall–Kier alpha value is -3.45. The molecule has 1 aliphatic heterocycles. The summed E-state index contributed by atoms with van der Waals surface area (Å²) in [6.07, 6.45) is 0.518. The van der Waals surface area contributed by atoms with Crippen LogP contribution in [0.3, 0.4) is 0 Å². The summed E-state index contributed by atoms with van der Waals surface area (Å²) in [5.74, 6) is 0.262. The van der Waals surface area contributed by atoms with Gasteiger partial charge in [0.2, 0.25) is 0 Å². The molecule has 35 heavy (non-hydrogen) atoms. The fourth-order valence-corrected chi connectivity index (χ4v) is 5.61. The molecule has 2 aromatic carbocycles. The summed E-state index contributed by atoms with van der Waals surface area (Å²) in [7, 11) is 1.39. The van der Waals surface area contributed by atoms with Gasteiger partial charge in [-0.05, 0) is 87.1 Å². The molecule has 1 aliphatic carbocycles. The van der Waals surface area contributed by atoms with Crippen molar-refractivity contribution in [3.8, 4) is 22.3 Å². The van der Waals surface area contributed by atoms with Crippen molar-refractivity contribution < 1.29 is 23.6 Å². The molecule has 2 atom stereocenters. The van der Waals surface area contributed by atoms with Crippen LogP contribution in [0, 0.1) is 20.8 Å². The van der Waals surface area contributed by atoms with Crippen LogP contribution in [0.25, 0.3) is 22.3 Å². The van der Waals surface area contributed by atoms with Gasteiger partial charge >= 0.3 is 5.97 Å². The standard InChI is InChI=1S/C28H30N2O5/c1-14-7-19-9-21-22(26(19)24(8-14)27(31)30-12-15(2)34-16(3)13-30)10-20(11-23(21)28(32)33-6)25-17(4)29-35-18(25)5/h7-8,10-11,15-16H,9,12-13H2,1-6H3/t15-,16+. The maximum atomic E-state index is 13.9. The molecule has 7 heteroatoms. The number of rotatable bonds is 3. The largest absolute Gasteiger partial charge is 0.465 e. The summed E-state index contributed by atoms with van der Waals surface area (Å²) in [6, 6.07) is 7.97. The lowest BCUT2D eigenvalue weighted by Crippen LogP contribution is -2.48. The Labute approximate surface area is 205 Å². The summed E-state index contributed by atoms with van der Waals surface area (Å²) in [6.45, 7) is 10.8. The maximum Gasteiger partial charge on any atom is 0.338 e. The first kappa shape index (κ1) is 23.3. The van der Waals surface area contributed by atoms with Gasteiger partial charge in [-0.1, -0.05) is 16.8 Å². The van der Waals surface area contributed by atoms with Gasteiger partial charge in [-0.2, -0.15) is 0 Å². The Morgan fingerprint density at radius 3 is 2.34 bits per heavy atom. The molecule has 5 rings (SSSR count). The molecule has 3 aromatic rings. The zero-order valence-corrected chi connectivity index (χ0v) is 21.0. The quantitative estimate of drug-likeness (QED) is 0.394. The number of ether oxygens (including phenoxy) is 2. The van der Waals surface area contributed by atoms with E-state index in [1.54, 1.807) is 0 Å². The number of fused-ring (bicyclic) bond motifs is 3. The van der Waals surface area contributed by atoms with E-state index in [1.165, 1.54) is 7.11 Å². The number of benzene rings is 2. The van der Waals surface area contributed by atoms with Gasteiger partial charge in [-0.3, -0.25) is 4.79 Å². The molecule has 1 amide bonds.